The van der Waals surface area contributed by atoms with Crippen LogP contribution in [0.2, 0.25) is 0 Å². The standard InChI is InChI=1S/C27H27F2N3O3/c1-35-21-9-10-25-23(16-21)22(24(29)17-30-25)8-4-12-32-14-13-31(18-26(32)27(33)34)11-3-6-19-5-2-7-20(28)15-19/h2,5,7,9-10,15-17,26H,4,8,11-14,18H2,1H3,(H,33,34)/t26-/m1/s1. The van der Waals surface area contributed by atoms with Crippen molar-refractivity contribution in [1.82, 2.24) is 14.8 Å². The molecule has 6 nitrogen and oxygen atoms in total. The van der Waals surface area contributed by atoms with Crippen molar-refractivity contribution < 1.29 is 23.4 Å². The number of carbonyl (C=O) groups is 1. The molecular weight excluding hydrogens is 452 g/mol. The number of fused-ring (bicyclic) bond motifs is 1. The third-order valence-corrected chi connectivity index (χ3v) is 6.23. The molecule has 182 valence electrons. The van der Waals surface area contributed by atoms with Crippen molar-refractivity contribution >= 4 is 16.9 Å². The van der Waals surface area contributed by atoms with E-state index in [9.17, 15) is 18.7 Å². The molecule has 4 rings (SSSR count). The summed E-state index contributed by atoms with van der Waals surface area (Å²) in [6, 6.07) is 10.8. The minimum Gasteiger partial charge on any atom is -0.497 e. The molecule has 1 fully saturated rings. The molecule has 2 heterocycles. The monoisotopic (exact) mass is 479 g/mol. The van der Waals surface area contributed by atoms with Crippen LogP contribution in [0.4, 0.5) is 8.78 Å². The van der Waals surface area contributed by atoms with Gasteiger partial charge in [0, 0.05) is 30.6 Å². The number of hydrogen-bond donors (Lipinski definition) is 1. The maximum absolute atomic E-state index is 14.6. The molecule has 0 spiro atoms. The van der Waals surface area contributed by atoms with Crippen LogP contribution in [-0.2, 0) is 11.2 Å². The topological polar surface area (TPSA) is 65.9 Å². The van der Waals surface area contributed by atoms with E-state index in [1.54, 1.807) is 37.4 Å². The van der Waals surface area contributed by atoms with Gasteiger partial charge in [0.25, 0.3) is 0 Å². The first-order chi connectivity index (χ1) is 16.9. The predicted molar refractivity (Wildman–Crippen MR) is 129 cm³/mol. The van der Waals surface area contributed by atoms with E-state index < -0.39 is 12.0 Å². The lowest BCUT2D eigenvalue weighted by Gasteiger charge is -2.38. The van der Waals surface area contributed by atoms with Gasteiger partial charge in [-0.05, 0) is 61.3 Å². The van der Waals surface area contributed by atoms with Crippen LogP contribution in [0.1, 0.15) is 17.5 Å². The number of halogens is 2. The fourth-order valence-corrected chi connectivity index (χ4v) is 4.38. The minimum absolute atomic E-state index is 0.338. The lowest BCUT2D eigenvalue weighted by atomic mass is 10.0. The van der Waals surface area contributed by atoms with Crippen LogP contribution in [-0.4, -0.2) is 71.7 Å². The Morgan fingerprint density at radius 2 is 2.09 bits per heavy atom. The molecule has 1 aliphatic heterocycles. The van der Waals surface area contributed by atoms with Gasteiger partial charge in [0.2, 0.25) is 0 Å². The summed E-state index contributed by atoms with van der Waals surface area (Å²) in [5, 5.41) is 10.5. The van der Waals surface area contributed by atoms with Crippen molar-refractivity contribution in [1.29, 1.82) is 0 Å². The smallest absolute Gasteiger partial charge is 0.322 e. The fraction of sp³-hybridized carbons (Fsp3) is 0.333. The number of aromatic nitrogens is 1. The van der Waals surface area contributed by atoms with Gasteiger partial charge in [-0.1, -0.05) is 17.9 Å². The number of aliphatic carboxylic acids is 1. The number of rotatable bonds is 7. The summed E-state index contributed by atoms with van der Waals surface area (Å²) in [5.74, 6) is 4.97. The molecule has 8 heteroatoms. The average molecular weight is 480 g/mol. The zero-order chi connectivity index (χ0) is 24.8. The van der Waals surface area contributed by atoms with E-state index in [1.165, 1.54) is 18.3 Å². The molecule has 1 atom stereocenters. The molecule has 2 aromatic carbocycles. The summed E-state index contributed by atoms with van der Waals surface area (Å²) in [4.78, 5) is 20.0. The van der Waals surface area contributed by atoms with E-state index in [2.05, 4.69) is 16.8 Å². The van der Waals surface area contributed by atoms with E-state index in [4.69, 9.17) is 4.74 Å². The number of ether oxygens (including phenoxy) is 1. The highest BCUT2D eigenvalue weighted by Crippen LogP contribution is 2.25. The van der Waals surface area contributed by atoms with Gasteiger partial charge in [0.15, 0.2) is 0 Å². The first-order valence-corrected chi connectivity index (χ1v) is 11.5. The quantitative estimate of drug-likeness (QED) is 0.523. The number of pyridine rings is 1. The summed E-state index contributed by atoms with van der Waals surface area (Å²) >= 11 is 0. The maximum Gasteiger partial charge on any atom is 0.322 e. The zero-order valence-electron chi connectivity index (χ0n) is 19.5. The lowest BCUT2D eigenvalue weighted by molar-refractivity contribution is -0.145. The van der Waals surface area contributed by atoms with E-state index >= 15 is 0 Å². The molecule has 0 bridgehead atoms. The minimum atomic E-state index is -0.891. The Morgan fingerprint density at radius 3 is 2.86 bits per heavy atom. The zero-order valence-corrected chi connectivity index (χ0v) is 19.5. The van der Waals surface area contributed by atoms with Gasteiger partial charge in [-0.3, -0.25) is 19.6 Å². The Hall–Kier alpha value is -3.54. The van der Waals surface area contributed by atoms with Gasteiger partial charge in [0.1, 0.15) is 23.4 Å². The van der Waals surface area contributed by atoms with Crippen LogP contribution in [0.15, 0.2) is 48.7 Å². The number of aryl methyl sites for hydroxylation is 1. The molecule has 0 saturated carbocycles. The summed E-state index contributed by atoms with van der Waals surface area (Å²) in [6.45, 7) is 2.53. The van der Waals surface area contributed by atoms with Gasteiger partial charge >= 0.3 is 5.97 Å². The molecule has 0 unspecified atom stereocenters. The number of methoxy groups -OCH3 is 1. The van der Waals surface area contributed by atoms with Gasteiger partial charge in [-0.25, -0.2) is 8.78 Å². The first-order valence-electron chi connectivity index (χ1n) is 11.5. The predicted octanol–water partition coefficient (Wildman–Crippen LogP) is 3.58. The van der Waals surface area contributed by atoms with Crippen LogP contribution in [0.25, 0.3) is 10.9 Å². The van der Waals surface area contributed by atoms with Crippen molar-refractivity contribution in [2.75, 3.05) is 39.8 Å². The molecule has 1 N–H and O–H groups in total. The van der Waals surface area contributed by atoms with E-state index in [0.29, 0.717) is 73.3 Å². The highest BCUT2D eigenvalue weighted by atomic mass is 19.1. The van der Waals surface area contributed by atoms with Crippen molar-refractivity contribution in [3.63, 3.8) is 0 Å². The summed E-state index contributed by atoms with van der Waals surface area (Å²) in [6.07, 6.45) is 2.30. The van der Waals surface area contributed by atoms with Gasteiger partial charge in [-0.2, -0.15) is 0 Å². The van der Waals surface area contributed by atoms with Crippen molar-refractivity contribution in [3.05, 3.63) is 71.4 Å². The molecule has 1 saturated heterocycles. The highest BCUT2D eigenvalue weighted by molar-refractivity contribution is 5.83. The Morgan fingerprint density at radius 1 is 1.23 bits per heavy atom. The molecule has 1 aromatic heterocycles. The van der Waals surface area contributed by atoms with Crippen LogP contribution in [0.5, 0.6) is 5.75 Å². The number of nitrogens with zero attached hydrogens (tertiary/aromatic N) is 3. The third kappa shape index (κ3) is 6.13. The Bertz CT molecular complexity index is 1270. The lowest BCUT2D eigenvalue weighted by Crippen LogP contribution is -2.56. The van der Waals surface area contributed by atoms with Crippen molar-refractivity contribution in [3.8, 4) is 17.6 Å². The molecule has 3 aromatic rings. The summed E-state index contributed by atoms with van der Waals surface area (Å²) in [5.41, 5.74) is 1.84. The normalized spacial score (nSPS) is 16.6. The van der Waals surface area contributed by atoms with Crippen molar-refractivity contribution in [2.24, 2.45) is 0 Å². The maximum atomic E-state index is 14.6. The number of piperazine rings is 1. The van der Waals surface area contributed by atoms with Crippen LogP contribution in [0, 0.1) is 23.5 Å². The Labute approximate surface area is 203 Å². The second kappa shape index (κ2) is 11.3. The van der Waals surface area contributed by atoms with E-state index in [0.717, 1.165) is 0 Å². The second-order valence-corrected chi connectivity index (χ2v) is 8.51. The van der Waals surface area contributed by atoms with E-state index in [-0.39, 0.29) is 11.6 Å². The van der Waals surface area contributed by atoms with Crippen LogP contribution >= 0.6 is 0 Å². The first kappa shape index (κ1) is 24.6. The van der Waals surface area contributed by atoms with Gasteiger partial charge in [-0.15, -0.1) is 0 Å². The number of carboxylic acids is 1. The fourth-order valence-electron chi connectivity index (χ4n) is 4.38. The molecule has 0 aliphatic carbocycles. The van der Waals surface area contributed by atoms with Gasteiger partial charge in [0.05, 0.1) is 25.4 Å². The Kier molecular flexibility index (Phi) is 7.91. The molecule has 1 aliphatic rings. The third-order valence-electron chi connectivity index (χ3n) is 6.23. The number of carboxylic acid groups (broad SMARTS) is 1. The molecule has 0 radical (unpaired) electrons. The van der Waals surface area contributed by atoms with Crippen LogP contribution < -0.4 is 4.74 Å². The molecular formula is C27H27F2N3O3. The number of hydrogen-bond acceptors (Lipinski definition) is 5. The second-order valence-electron chi connectivity index (χ2n) is 8.51. The highest BCUT2D eigenvalue weighted by Gasteiger charge is 2.31. The summed E-state index contributed by atoms with van der Waals surface area (Å²) in [7, 11) is 1.56. The SMILES string of the molecule is COc1ccc2ncc(F)c(CCCN3CCN(CC#Cc4cccc(F)c4)C[C@@H]3C(=O)O)c2c1. The van der Waals surface area contributed by atoms with Gasteiger partial charge < -0.3 is 9.84 Å². The Balaban J connectivity index is 1.36. The van der Waals surface area contributed by atoms with Crippen LogP contribution in [0.3, 0.4) is 0 Å². The van der Waals surface area contributed by atoms with E-state index in [1.807, 2.05) is 9.80 Å². The number of benzene rings is 2. The average Bonchev–Trinajstić information content (AvgIpc) is 2.85. The molecule has 35 heavy (non-hydrogen) atoms. The summed E-state index contributed by atoms with van der Waals surface area (Å²) < 4.78 is 33.2. The molecule has 0 amide bonds. The van der Waals surface area contributed by atoms with Crippen molar-refractivity contribution in [2.45, 2.75) is 18.9 Å². The largest absolute Gasteiger partial charge is 0.497 e.